The van der Waals surface area contributed by atoms with Crippen LogP contribution in [0.5, 0.6) is 0 Å². The largest absolute Gasteiger partial charge is 0.257 e. The molecule has 0 saturated heterocycles. The van der Waals surface area contributed by atoms with E-state index >= 15 is 0 Å². The predicted octanol–water partition coefficient (Wildman–Crippen LogP) is 0.759. The third-order valence-electron chi connectivity index (χ3n) is 2.37. The van der Waals surface area contributed by atoms with Crippen molar-refractivity contribution in [2.75, 3.05) is 0 Å². The van der Waals surface area contributed by atoms with Crippen molar-refractivity contribution < 1.29 is 0 Å². The Morgan fingerprint density at radius 3 is 2.31 bits per heavy atom. The third-order valence-corrected chi connectivity index (χ3v) is 2.37. The zero-order chi connectivity index (χ0) is 11.4. The highest BCUT2D eigenvalue weighted by Crippen LogP contribution is 1.82. The highest BCUT2D eigenvalue weighted by molar-refractivity contribution is 5.20. The molecule has 0 aliphatic carbocycles. The molecule has 0 unspecified atom stereocenters. The number of rotatable bonds is 0. The molecular formula is C13H13N3. The summed E-state index contributed by atoms with van der Waals surface area (Å²) in [7, 11) is 0. The molecule has 3 heteroatoms. The number of hydrogen-bond donors (Lipinski definition) is 0. The summed E-state index contributed by atoms with van der Waals surface area (Å²) in [5.41, 5.74) is 0. The predicted molar refractivity (Wildman–Crippen MR) is 63.5 cm³/mol. The highest BCUT2D eigenvalue weighted by atomic mass is 14.8. The average Bonchev–Trinajstić information content (AvgIpc) is 2.38. The van der Waals surface area contributed by atoms with Crippen LogP contribution in [0.4, 0.5) is 0 Å². The molecule has 0 bridgehead atoms. The number of aromatic nitrogens is 3. The van der Waals surface area contributed by atoms with Crippen LogP contribution in [0.15, 0.2) is 30.7 Å². The second-order valence-electron chi connectivity index (χ2n) is 3.30. The lowest BCUT2D eigenvalue weighted by Gasteiger charge is -1.91. The van der Waals surface area contributed by atoms with Crippen LogP contribution in [-0.2, 0) is 0 Å². The molecule has 0 amide bonds. The first kappa shape index (κ1) is 10.5. The van der Waals surface area contributed by atoms with Crippen molar-refractivity contribution in [2.24, 2.45) is 0 Å². The normalized spacial score (nSPS) is 15.4. The minimum absolute atomic E-state index is 0.881. The summed E-state index contributed by atoms with van der Waals surface area (Å²) in [5.74, 6) is 0. The molecule has 2 heterocycles. The van der Waals surface area contributed by atoms with Gasteiger partial charge in [0.25, 0.3) is 0 Å². The van der Waals surface area contributed by atoms with E-state index < -0.39 is 0 Å². The van der Waals surface area contributed by atoms with Crippen molar-refractivity contribution in [3.8, 4) is 0 Å². The van der Waals surface area contributed by atoms with Gasteiger partial charge in [-0.1, -0.05) is 12.2 Å². The minimum Gasteiger partial charge on any atom is -0.257 e. The Morgan fingerprint density at radius 2 is 1.56 bits per heavy atom. The van der Waals surface area contributed by atoms with Crippen LogP contribution in [0.3, 0.4) is 0 Å². The summed E-state index contributed by atoms with van der Waals surface area (Å²) in [6, 6.07) is 3.93. The molecule has 0 fully saturated rings. The van der Waals surface area contributed by atoms with E-state index in [1.165, 1.54) is 0 Å². The Hall–Kier alpha value is -2.03. The van der Waals surface area contributed by atoms with E-state index in [9.17, 15) is 0 Å². The molecule has 0 spiro atoms. The molecule has 0 N–H and O–H groups in total. The Morgan fingerprint density at radius 1 is 0.875 bits per heavy atom. The van der Waals surface area contributed by atoms with Crippen LogP contribution >= 0.6 is 0 Å². The van der Waals surface area contributed by atoms with Gasteiger partial charge >= 0.3 is 0 Å². The van der Waals surface area contributed by atoms with Crippen LogP contribution in [-0.4, -0.2) is 15.0 Å². The lowest BCUT2D eigenvalue weighted by atomic mass is 10.3. The summed E-state index contributed by atoms with van der Waals surface area (Å²) in [4.78, 5) is 13.0. The van der Waals surface area contributed by atoms with Gasteiger partial charge in [0, 0.05) is 23.8 Å². The fourth-order valence-corrected chi connectivity index (χ4v) is 1.62. The Balaban J connectivity index is 3.16. The molecule has 16 heavy (non-hydrogen) atoms. The van der Waals surface area contributed by atoms with Crippen LogP contribution in [0.2, 0.25) is 0 Å². The zero-order valence-electron chi connectivity index (χ0n) is 9.38. The van der Waals surface area contributed by atoms with E-state index in [4.69, 9.17) is 0 Å². The fraction of sp³-hybridized carbons (Fsp3) is 0.154. The van der Waals surface area contributed by atoms with Crippen molar-refractivity contribution in [3.05, 3.63) is 52.0 Å². The molecule has 0 aliphatic rings. The van der Waals surface area contributed by atoms with Crippen molar-refractivity contribution >= 4 is 12.2 Å². The molecule has 0 radical (unpaired) electrons. The molecule has 2 aromatic heterocycles. The van der Waals surface area contributed by atoms with Gasteiger partial charge < -0.3 is 0 Å². The molecule has 0 aliphatic heterocycles. The van der Waals surface area contributed by atoms with Crippen LogP contribution in [0, 0.1) is 10.6 Å². The Bertz CT molecular complexity index is 628. The van der Waals surface area contributed by atoms with Gasteiger partial charge in [-0.05, 0) is 26.0 Å². The lowest BCUT2D eigenvalue weighted by molar-refractivity contribution is 1.07. The van der Waals surface area contributed by atoms with Crippen molar-refractivity contribution in [1.82, 2.24) is 15.0 Å². The van der Waals surface area contributed by atoms with Crippen molar-refractivity contribution in [3.63, 3.8) is 0 Å². The SMILES string of the molecule is C/C=c1/nccc/c1=c1\nccn\c1=C\C. The molecular weight excluding hydrogens is 198 g/mol. The highest BCUT2D eigenvalue weighted by Gasteiger charge is 1.90. The fourth-order valence-electron chi connectivity index (χ4n) is 1.62. The maximum atomic E-state index is 4.37. The van der Waals surface area contributed by atoms with E-state index in [0.29, 0.717) is 0 Å². The van der Waals surface area contributed by atoms with Crippen LogP contribution < -0.4 is 10.7 Å². The summed E-state index contributed by atoms with van der Waals surface area (Å²) < 4.78 is 0. The number of nitrogens with zero attached hydrogens (tertiary/aromatic N) is 3. The van der Waals surface area contributed by atoms with Gasteiger partial charge in [-0.3, -0.25) is 15.0 Å². The van der Waals surface area contributed by atoms with Crippen molar-refractivity contribution in [2.45, 2.75) is 13.8 Å². The second kappa shape index (κ2) is 4.66. The Kier molecular flexibility index (Phi) is 3.05. The van der Waals surface area contributed by atoms with Gasteiger partial charge in [0.2, 0.25) is 0 Å². The molecule has 0 saturated carbocycles. The quantitative estimate of drug-likeness (QED) is 0.645. The van der Waals surface area contributed by atoms with Crippen molar-refractivity contribution in [1.29, 1.82) is 0 Å². The van der Waals surface area contributed by atoms with Crippen LogP contribution in [0.25, 0.3) is 12.2 Å². The molecule has 0 atom stereocenters. The van der Waals surface area contributed by atoms with Gasteiger partial charge in [0.1, 0.15) is 0 Å². The lowest BCUT2D eigenvalue weighted by Crippen LogP contribution is -2.15. The topological polar surface area (TPSA) is 38.7 Å². The summed E-state index contributed by atoms with van der Waals surface area (Å²) in [6.07, 6.45) is 9.11. The molecule has 3 nitrogen and oxygen atoms in total. The van der Waals surface area contributed by atoms with E-state index in [-0.39, 0.29) is 0 Å². The maximum absolute atomic E-state index is 4.37. The molecule has 2 rings (SSSR count). The molecule has 2 aromatic rings. The van der Waals surface area contributed by atoms with E-state index in [1.807, 2.05) is 38.1 Å². The third kappa shape index (κ3) is 1.84. The second-order valence-corrected chi connectivity index (χ2v) is 3.30. The number of pyridine rings is 1. The summed E-state index contributed by atoms with van der Waals surface area (Å²) >= 11 is 0. The van der Waals surface area contributed by atoms with Gasteiger partial charge in [-0.2, -0.15) is 0 Å². The smallest absolute Gasteiger partial charge is 0.0977 e. The van der Waals surface area contributed by atoms with E-state index in [1.54, 1.807) is 18.6 Å². The molecule has 80 valence electrons. The first-order valence-electron chi connectivity index (χ1n) is 5.22. The maximum Gasteiger partial charge on any atom is 0.0977 e. The first-order chi connectivity index (χ1) is 7.86. The van der Waals surface area contributed by atoms with E-state index in [0.717, 1.165) is 21.3 Å². The number of hydrogen-bond acceptors (Lipinski definition) is 3. The minimum atomic E-state index is 0.881. The standard InChI is InChI=1S/C13H13N3/c1-3-11-10(6-5-7-14-11)13-12(4-2)15-8-9-16-13/h3-9H,1-2H3/b11-3+,12-4+,13-10+. The summed E-state index contributed by atoms with van der Waals surface area (Å²) in [6.45, 7) is 3.93. The Labute approximate surface area is 93.5 Å². The monoisotopic (exact) mass is 211 g/mol. The van der Waals surface area contributed by atoms with E-state index in [2.05, 4.69) is 15.0 Å². The van der Waals surface area contributed by atoms with Gasteiger partial charge in [-0.15, -0.1) is 0 Å². The zero-order valence-corrected chi connectivity index (χ0v) is 9.38. The summed E-state index contributed by atoms with van der Waals surface area (Å²) in [5, 5.41) is 3.72. The average molecular weight is 211 g/mol. The first-order valence-corrected chi connectivity index (χ1v) is 5.22. The molecule has 0 aromatic carbocycles. The van der Waals surface area contributed by atoms with Gasteiger partial charge in [0.15, 0.2) is 0 Å². The van der Waals surface area contributed by atoms with Gasteiger partial charge in [0.05, 0.1) is 16.0 Å². The van der Waals surface area contributed by atoms with Gasteiger partial charge in [-0.25, -0.2) is 0 Å². The van der Waals surface area contributed by atoms with Crippen LogP contribution in [0.1, 0.15) is 13.8 Å².